The van der Waals surface area contributed by atoms with Crippen LogP contribution in [0.3, 0.4) is 0 Å². The van der Waals surface area contributed by atoms with E-state index >= 15 is 0 Å². The molecule has 1 amide bonds. The molecule has 0 radical (unpaired) electrons. The molecule has 0 bridgehead atoms. The highest BCUT2D eigenvalue weighted by molar-refractivity contribution is 7.73. The average Bonchev–Trinajstić information content (AvgIpc) is 2.93. The Kier molecular flexibility index (Phi) is 5.13. The number of hydrogen-bond acceptors (Lipinski definition) is 4. The minimum Gasteiger partial charge on any atom is -0.396 e. The molecule has 106 valence electrons. The molecule has 0 aromatic carbocycles. The number of aromatic amines is 1. The van der Waals surface area contributed by atoms with E-state index in [0.717, 1.165) is 33.8 Å². The summed E-state index contributed by atoms with van der Waals surface area (Å²) in [5.41, 5.74) is 0.985. The molecule has 3 N–H and O–H groups in total. The van der Waals surface area contributed by atoms with Crippen molar-refractivity contribution in [1.29, 1.82) is 0 Å². The Morgan fingerprint density at radius 3 is 2.89 bits per heavy atom. The third-order valence-corrected chi connectivity index (χ3v) is 5.19. The number of aryl methyl sites for hydroxylation is 1. The molecule has 0 spiro atoms. The Morgan fingerprint density at radius 2 is 2.26 bits per heavy atom. The molecule has 6 heteroatoms. The number of nitrogens with one attached hydrogen (secondary N) is 2. The highest BCUT2D eigenvalue weighted by Gasteiger charge is 2.26. The molecule has 0 aliphatic heterocycles. The smallest absolute Gasteiger partial charge is 0.225 e. The van der Waals surface area contributed by atoms with Crippen LogP contribution in [-0.4, -0.2) is 29.1 Å². The number of aliphatic hydroxyl groups is 1. The Hall–Kier alpha value is -0.720. The van der Waals surface area contributed by atoms with E-state index in [1.807, 2.05) is 6.92 Å². The van der Waals surface area contributed by atoms with Crippen molar-refractivity contribution in [3.8, 4) is 0 Å². The van der Waals surface area contributed by atoms with Crippen molar-refractivity contribution in [2.24, 2.45) is 11.8 Å². The second-order valence-corrected chi connectivity index (χ2v) is 6.95. The number of aromatic nitrogens is 1. The van der Waals surface area contributed by atoms with Crippen LogP contribution >= 0.6 is 23.6 Å². The summed E-state index contributed by atoms with van der Waals surface area (Å²) in [5.74, 6) is 0.827. The van der Waals surface area contributed by atoms with Gasteiger partial charge in [-0.15, -0.1) is 11.3 Å². The van der Waals surface area contributed by atoms with Crippen molar-refractivity contribution in [3.63, 3.8) is 0 Å². The number of hydrogen-bond donors (Lipinski definition) is 3. The SMILES string of the molecule is Cc1[nH]c(=S)sc1CC(=O)NCC1CCCC1CO. The third kappa shape index (κ3) is 3.87. The monoisotopic (exact) mass is 300 g/mol. The summed E-state index contributed by atoms with van der Waals surface area (Å²) in [4.78, 5) is 16.0. The van der Waals surface area contributed by atoms with Crippen LogP contribution in [0.4, 0.5) is 0 Å². The zero-order valence-corrected chi connectivity index (χ0v) is 12.7. The van der Waals surface area contributed by atoms with Gasteiger partial charge in [-0.25, -0.2) is 0 Å². The van der Waals surface area contributed by atoms with Crippen molar-refractivity contribution < 1.29 is 9.90 Å². The molecule has 1 aromatic heterocycles. The van der Waals surface area contributed by atoms with Crippen LogP contribution in [0.15, 0.2) is 0 Å². The summed E-state index contributed by atoms with van der Waals surface area (Å²) < 4.78 is 0.719. The summed E-state index contributed by atoms with van der Waals surface area (Å²) in [6.45, 7) is 2.85. The first-order valence-corrected chi connectivity index (χ1v) is 7.88. The summed E-state index contributed by atoms with van der Waals surface area (Å²) in [5, 5.41) is 12.2. The van der Waals surface area contributed by atoms with Crippen molar-refractivity contribution in [3.05, 3.63) is 14.5 Å². The maximum Gasteiger partial charge on any atom is 0.225 e. The molecule has 1 heterocycles. The van der Waals surface area contributed by atoms with E-state index in [0.29, 0.717) is 24.8 Å². The molecule has 2 rings (SSSR count). The zero-order valence-electron chi connectivity index (χ0n) is 11.1. The fraction of sp³-hybridized carbons (Fsp3) is 0.692. The van der Waals surface area contributed by atoms with Gasteiger partial charge >= 0.3 is 0 Å². The van der Waals surface area contributed by atoms with Crippen LogP contribution in [0.25, 0.3) is 0 Å². The molecule has 1 aliphatic rings. The molecular formula is C13H20N2O2S2. The van der Waals surface area contributed by atoms with Gasteiger partial charge in [0.25, 0.3) is 0 Å². The lowest BCUT2D eigenvalue weighted by atomic mass is 9.97. The van der Waals surface area contributed by atoms with Gasteiger partial charge in [-0.3, -0.25) is 4.79 Å². The second-order valence-electron chi connectivity index (χ2n) is 5.18. The standard InChI is InChI=1S/C13H20N2O2S2/c1-8-11(19-13(18)15-8)5-12(17)14-6-9-3-2-4-10(9)7-16/h9-10,16H,2-7H2,1H3,(H,14,17)(H,15,18). The molecule has 0 saturated heterocycles. The normalized spacial score (nSPS) is 22.6. The summed E-state index contributed by atoms with van der Waals surface area (Å²) in [6.07, 6.45) is 3.73. The first-order valence-electron chi connectivity index (χ1n) is 6.66. The maximum atomic E-state index is 11.9. The number of H-pyrrole nitrogens is 1. The largest absolute Gasteiger partial charge is 0.396 e. The first-order chi connectivity index (χ1) is 9.10. The highest BCUT2D eigenvalue weighted by atomic mass is 32.1. The molecular weight excluding hydrogens is 280 g/mol. The quantitative estimate of drug-likeness (QED) is 0.730. The molecule has 19 heavy (non-hydrogen) atoms. The van der Waals surface area contributed by atoms with Crippen LogP contribution in [0, 0.1) is 22.7 Å². The van der Waals surface area contributed by atoms with E-state index in [1.54, 1.807) is 0 Å². The van der Waals surface area contributed by atoms with Gasteiger partial charge in [0.15, 0.2) is 3.95 Å². The van der Waals surface area contributed by atoms with Gasteiger partial charge < -0.3 is 15.4 Å². The molecule has 2 atom stereocenters. The van der Waals surface area contributed by atoms with Crippen molar-refractivity contribution in [2.75, 3.05) is 13.2 Å². The Bertz CT molecular complexity index is 495. The molecule has 1 aromatic rings. The number of thiazole rings is 1. The van der Waals surface area contributed by atoms with Gasteiger partial charge in [0, 0.05) is 23.7 Å². The van der Waals surface area contributed by atoms with Crippen LogP contribution in [0.5, 0.6) is 0 Å². The summed E-state index contributed by atoms with van der Waals surface area (Å²) in [7, 11) is 0. The van der Waals surface area contributed by atoms with E-state index in [2.05, 4.69) is 10.3 Å². The first kappa shape index (κ1) is 14.7. The zero-order chi connectivity index (χ0) is 13.8. The van der Waals surface area contributed by atoms with Gasteiger partial charge in [0.2, 0.25) is 5.91 Å². The lowest BCUT2D eigenvalue weighted by Gasteiger charge is -2.17. The van der Waals surface area contributed by atoms with Crippen LogP contribution < -0.4 is 5.32 Å². The maximum absolute atomic E-state index is 11.9. The van der Waals surface area contributed by atoms with Gasteiger partial charge in [-0.2, -0.15) is 0 Å². The molecule has 1 aliphatic carbocycles. The van der Waals surface area contributed by atoms with Crippen LogP contribution in [0.1, 0.15) is 29.8 Å². The fourth-order valence-corrected chi connectivity index (χ4v) is 3.97. The summed E-state index contributed by atoms with van der Waals surface area (Å²) >= 11 is 6.52. The Balaban J connectivity index is 1.82. The van der Waals surface area contributed by atoms with Crippen LogP contribution in [-0.2, 0) is 11.2 Å². The van der Waals surface area contributed by atoms with Gasteiger partial charge in [-0.05, 0) is 43.8 Å². The highest BCUT2D eigenvalue weighted by Crippen LogP contribution is 2.30. The molecule has 4 nitrogen and oxygen atoms in total. The molecule has 1 fully saturated rings. The van der Waals surface area contributed by atoms with E-state index in [-0.39, 0.29) is 12.5 Å². The topological polar surface area (TPSA) is 65.1 Å². The Morgan fingerprint density at radius 1 is 1.53 bits per heavy atom. The van der Waals surface area contributed by atoms with Crippen molar-refractivity contribution in [2.45, 2.75) is 32.6 Å². The van der Waals surface area contributed by atoms with Gasteiger partial charge in [0.1, 0.15) is 0 Å². The average molecular weight is 300 g/mol. The molecule has 1 saturated carbocycles. The van der Waals surface area contributed by atoms with E-state index in [4.69, 9.17) is 12.2 Å². The summed E-state index contributed by atoms with van der Waals surface area (Å²) in [6, 6.07) is 0. The number of rotatable bonds is 5. The van der Waals surface area contributed by atoms with E-state index < -0.39 is 0 Å². The number of carbonyl (C=O) groups is 1. The van der Waals surface area contributed by atoms with Gasteiger partial charge in [0.05, 0.1) is 6.42 Å². The minimum absolute atomic E-state index is 0.0388. The number of aliphatic hydroxyl groups excluding tert-OH is 1. The van der Waals surface area contributed by atoms with Crippen molar-refractivity contribution in [1.82, 2.24) is 10.3 Å². The number of carbonyl (C=O) groups excluding carboxylic acids is 1. The second kappa shape index (κ2) is 6.63. The van der Waals surface area contributed by atoms with Crippen molar-refractivity contribution >= 4 is 29.5 Å². The number of amides is 1. The Labute approximate surface area is 122 Å². The van der Waals surface area contributed by atoms with Crippen LogP contribution in [0.2, 0.25) is 0 Å². The fourth-order valence-electron chi connectivity index (χ4n) is 2.68. The van der Waals surface area contributed by atoms with E-state index in [1.165, 1.54) is 11.3 Å². The van der Waals surface area contributed by atoms with Gasteiger partial charge in [-0.1, -0.05) is 6.42 Å². The minimum atomic E-state index is 0.0388. The van der Waals surface area contributed by atoms with E-state index in [9.17, 15) is 9.90 Å². The lowest BCUT2D eigenvalue weighted by Crippen LogP contribution is -2.32. The molecule has 2 unspecified atom stereocenters. The lowest BCUT2D eigenvalue weighted by molar-refractivity contribution is -0.120. The predicted octanol–water partition coefficient (Wildman–Crippen LogP) is 2.18. The predicted molar refractivity (Wildman–Crippen MR) is 78.9 cm³/mol. The third-order valence-electron chi connectivity index (χ3n) is 3.86.